The molecule has 0 aliphatic carbocycles. The van der Waals surface area contributed by atoms with Gasteiger partial charge in [-0.05, 0) is 30.3 Å². The highest BCUT2D eigenvalue weighted by Gasteiger charge is 2.34. The van der Waals surface area contributed by atoms with Crippen LogP contribution in [0.2, 0.25) is 0 Å². The Hall–Kier alpha value is -1.65. The zero-order chi connectivity index (χ0) is 14.2. The van der Waals surface area contributed by atoms with Gasteiger partial charge in [0.25, 0.3) is 0 Å². The maximum absolute atomic E-state index is 12.9. The summed E-state index contributed by atoms with van der Waals surface area (Å²) in [6.45, 7) is 1.34. The summed E-state index contributed by atoms with van der Waals surface area (Å²) in [7, 11) is -1.39. The van der Waals surface area contributed by atoms with Gasteiger partial charge in [-0.1, -0.05) is 42.5 Å². The minimum Gasteiger partial charge on any atom is -0.300 e. The van der Waals surface area contributed by atoms with Gasteiger partial charge in [-0.2, -0.15) is 0 Å². The number of sulfone groups is 1. The Kier molecular flexibility index (Phi) is 3.36. The summed E-state index contributed by atoms with van der Waals surface area (Å²) in [5.41, 5.74) is 2.04. The maximum Gasteiger partial charge on any atom is 0.186 e. The van der Waals surface area contributed by atoms with Crippen molar-refractivity contribution in [3.8, 4) is 0 Å². The van der Waals surface area contributed by atoms with Crippen molar-refractivity contribution in [1.82, 2.24) is 4.90 Å². The van der Waals surface area contributed by atoms with Crippen LogP contribution in [0.5, 0.6) is 0 Å². The molecule has 0 N–H and O–H groups in total. The Morgan fingerprint density at radius 2 is 1.65 bits per heavy atom. The van der Waals surface area contributed by atoms with Gasteiger partial charge in [0.15, 0.2) is 9.84 Å². The van der Waals surface area contributed by atoms with Crippen LogP contribution in [0, 0.1) is 0 Å². The number of benzene rings is 2. The van der Waals surface area contributed by atoms with Gasteiger partial charge in [-0.3, -0.25) is 0 Å². The van der Waals surface area contributed by atoms with Crippen molar-refractivity contribution in [3.63, 3.8) is 0 Å². The van der Waals surface area contributed by atoms with Crippen molar-refractivity contribution in [2.75, 3.05) is 13.6 Å². The molecule has 1 atom stereocenters. The molecule has 2 aromatic carbocycles. The highest BCUT2D eigenvalue weighted by molar-refractivity contribution is 7.91. The predicted octanol–water partition coefficient (Wildman–Crippen LogP) is 2.65. The van der Waals surface area contributed by atoms with Gasteiger partial charge in [0, 0.05) is 13.1 Å². The first kappa shape index (κ1) is 13.3. The van der Waals surface area contributed by atoms with Gasteiger partial charge in [-0.15, -0.1) is 0 Å². The van der Waals surface area contributed by atoms with Crippen molar-refractivity contribution < 1.29 is 8.42 Å². The van der Waals surface area contributed by atoms with Crippen LogP contribution in [0.25, 0.3) is 0 Å². The van der Waals surface area contributed by atoms with Crippen LogP contribution in [-0.2, 0) is 16.4 Å². The first-order valence-electron chi connectivity index (χ1n) is 6.64. The van der Waals surface area contributed by atoms with E-state index in [9.17, 15) is 8.42 Å². The van der Waals surface area contributed by atoms with E-state index < -0.39 is 15.1 Å². The molecule has 1 unspecified atom stereocenters. The fourth-order valence-corrected chi connectivity index (χ4v) is 4.65. The van der Waals surface area contributed by atoms with E-state index in [0.29, 0.717) is 11.4 Å². The molecule has 0 radical (unpaired) electrons. The third-order valence-electron chi connectivity index (χ3n) is 3.77. The van der Waals surface area contributed by atoms with Crippen molar-refractivity contribution in [1.29, 1.82) is 0 Å². The van der Waals surface area contributed by atoms with Crippen LogP contribution in [0.4, 0.5) is 0 Å². The number of fused-ring (bicyclic) bond motifs is 1. The minimum atomic E-state index is -3.35. The first-order chi connectivity index (χ1) is 9.59. The van der Waals surface area contributed by atoms with E-state index in [0.717, 1.165) is 17.7 Å². The lowest BCUT2D eigenvalue weighted by molar-refractivity contribution is 0.305. The third-order valence-corrected chi connectivity index (χ3v) is 5.85. The monoisotopic (exact) mass is 287 g/mol. The molecular weight excluding hydrogens is 270 g/mol. The highest BCUT2D eigenvalue weighted by Crippen LogP contribution is 2.35. The van der Waals surface area contributed by atoms with Crippen LogP contribution in [0.15, 0.2) is 59.5 Å². The molecule has 4 heteroatoms. The summed E-state index contributed by atoms with van der Waals surface area (Å²) in [4.78, 5) is 2.46. The summed E-state index contributed by atoms with van der Waals surface area (Å²) in [6.07, 6.45) is 0. The standard InChI is InChI=1S/C16H17NO2S/c1-17-11-13-7-5-6-10-15(13)16(12-17)20(18,19)14-8-3-2-4-9-14/h2-10,16H,11-12H2,1H3. The zero-order valence-corrected chi connectivity index (χ0v) is 12.2. The first-order valence-corrected chi connectivity index (χ1v) is 8.19. The molecule has 0 saturated heterocycles. The van der Waals surface area contributed by atoms with E-state index in [1.165, 1.54) is 0 Å². The van der Waals surface area contributed by atoms with E-state index >= 15 is 0 Å². The second-order valence-electron chi connectivity index (χ2n) is 5.24. The summed E-state index contributed by atoms with van der Waals surface area (Å²) < 4.78 is 25.7. The number of nitrogens with zero attached hydrogens (tertiary/aromatic N) is 1. The number of hydrogen-bond acceptors (Lipinski definition) is 3. The molecular formula is C16H17NO2S. The molecule has 104 valence electrons. The van der Waals surface area contributed by atoms with Crippen molar-refractivity contribution in [3.05, 3.63) is 65.7 Å². The summed E-state index contributed by atoms with van der Waals surface area (Å²) in [5, 5.41) is -0.486. The number of likely N-dealkylation sites (N-methyl/N-ethyl adjacent to an activating group) is 1. The van der Waals surface area contributed by atoms with Gasteiger partial charge in [0.1, 0.15) is 5.25 Å². The molecule has 3 rings (SSSR count). The van der Waals surface area contributed by atoms with Crippen molar-refractivity contribution in [2.24, 2.45) is 0 Å². The zero-order valence-electron chi connectivity index (χ0n) is 11.4. The smallest absolute Gasteiger partial charge is 0.186 e. The molecule has 0 amide bonds. The van der Waals surface area contributed by atoms with E-state index in [1.54, 1.807) is 24.3 Å². The number of rotatable bonds is 2. The van der Waals surface area contributed by atoms with E-state index in [4.69, 9.17) is 0 Å². The van der Waals surface area contributed by atoms with E-state index in [1.807, 2.05) is 37.4 Å². The largest absolute Gasteiger partial charge is 0.300 e. The Morgan fingerprint density at radius 3 is 2.40 bits per heavy atom. The minimum absolute atomic E-state index is 0.398. The quantitative estimate of drug-likeness (QED) is 0.852. The van der Waals surface area contributed by atoms with Gasteiger partial charge in [0.05, 0.1) is 4.90 Å². The Labute approximate surface area is 119 Å². The average molecular weight is 287 g/mol. The summed E-state index contributed by atoms with van der Waals surface area (Å²) in [5.74, 6) is 0. The Morgan fingerprint density at radius 1 is 1.00 bits per heavy atom. The maximum atomic E-state index is 12.9. The normalized spacial score (nSPS) is 19.6. The molecule has 0 aromatic heterocycles. The molecule has 0 saturated carbocycles. The average Bonchev–Trinajstić information content (AvgIpc) is 2.47. The van der Waals surface area contributed by atoms with E-state index in [2.05, 4.69) is 4.90 Å². The SMILES string of the molecule is CN1Cc2ccccc2C(S(=O)(=O)c2ccccc2)C1. The molecule has 0 spiro atoms. The summed E-state index contributed by atoms with van der Waals surface area (Å²) in [6, 6.07) is 16.5. The lowest BCUT2D eigenvalue weighted by atomic mass is 10.00. The molecule has 20 heavy (non-hydrogen) atoms. The highest BCUT2D eigenvalue weighted by atomic mass is 32.2. The second-order valence-corrected chi connectivity index (χ2v) is 7.37. The van der Waals surface area contributed by atoms with Crippen molar-refractivity contribution >= 4 is 9.84 Å². The van der Waals surface area contributed by atoms with Crippen LogP contribution >= 0.6 is 0 Å². The van der Waals surface area contributed by atoms with Gasteiger partial charge >= 0.3 is 0 Å². The lowest BCUT2D eigenvalue weighted by Crippen LogP contribution is -2.34. The predicted molar refractivity (Wildman–Crippen MR) is 79.1 cm³/mol. The van der Waals surface area contributed by atoms with Crippen LogP contribution in [0.3, 0.4) is 0 Å². The van der Waals surface area contributed by atoms with E-state index in [-0.39, 0.29) is 0 Å². The Bertz CT molecular complexity index is 710. The van der Waals surface area contributed by atoms with Gasteiger partial charge in [0.2, 0.25) is 0 Å². The molecule has 3 nitrogen and oxygen atoms in total. The van der Waals surface area contributed by atoms with Gasteiger partial charge in [-0.25, -0.2) is 8.42 Å². The van der Waals surface area contributed by atoms with Gasteiger partial charge < -0.3 is 4.90 Å². The molecule has 0 bridgehead atoms. The fraction of sp³-hybridized carbons (Fsp3) is 0.250. The second kappa shape index (κ2) is 5.04. The molecule has 1 aliphatic rings. The molecule has 1 aliphatic heterocycles. The fourth-order valence-electron chi connectivity index (χ4n) is 2.77. The molecule has 2 aromatic rings. The topological polar surface area (TPSA) is 37.4 Å². The summed E-state index contributed by atoms with van der Waals surface area (Å²) >= 11 is 0. The Balaban J connectivity index is 2.11. The third kappa shape index (κ3) is 2.25. The van der Waals surface area contributed by atoms with Crippen LogP contribution in [0.1, 0.15) is 16.4 Å². The van der Waals surface area contributed by atoms with Crippen LogP contribution < -0.4 is 0 Å². The van der Waals surface area contributed by atoms with Crippen LogP contribution in [-0.4, -0.2) is 26.9 Å². The van der Waals surface area contributed by atoms with Crippen molar-refractivity contribution in [2.45, 2.75) is 16.7 Å². The molecule has 1 heterocycles. The molecule has 0 fully saturated rings. The number of hydrogen-bond donors (Lipinski definition) is 0. The lowest BCUT2D eigenvalue weighted by Gasteiger charge is -2.31.